The molecule has 0 aliphatic heterocycles. The van der Waals surface area contributed by atoms with Crippen LogP contribution in [0.3, 0.4) is 0 Å². The molecule has 0 fully saturated rings. The number of hydrogen-bond acceptors (Lipinski definition) is 5. The van der Waals surface area contributed by atoms with E-state index in [2.05, 4.69) is 17.2 Å². The number of benzene rings is 3. The van der Waals surface area contributed by atoms with Crippen LogP contribution in [0, 0.1) is 20.8 Å². The van der Waals surface area contributed by atoms with E-state index in [4.69, 9.17) is 4.55 Å². The van der Waals surface area contributed by atoms with Crippen LogP contribution in [-0.2, 0) is 10.1 Å². The van der Waals surface area contributed by atoms with E-state index >= 15 is 0 Å². The maximum absolute atomic E-state index is 10.3. The zero-order chi connectivity index (χ0) is 20.2. The van der Waals surface area contributed by atoms with Gasteiger partial charge in [0, 0.05) is 5.39 Å². The standard InChI is InChI=1S/C19H18N2O.CH4O3S/c1-12-8-9-16(11-13(12)2)20-21-18-17-7-5-4-6-15(17)10-14(3)19(18)22;1-5(2,3)4/h4-11,22H,1-3H3;1H3,(H,2,3,4). The van der Waals surface area contributed by atoms with Crippen molar-refractivity contribution in [3.05, 3.63) is 65.2 Å². The Morgan fingerprint density at radius 2 is 1.48 bits per heavy atom. The summed E-state index contributed by atoms with van der Waals surface area (Å²) in [5.74, 6) is 0.186. The second kappa shape index (κ2) is 8.28. The number of phenolic OH excluding ortho intramolecular Hbond substituents is 1. The number of nitrogens with zero attached hydrogens (tertiary/aromatic N) is 2. The zero-order valence-corrected chi connectivity index (χ0v) is 16.4. The van der Waals surface area contributed by atoms with Crippen LogP contribution in [0.2, 0.25) is 0 Å². The highest BCUT2D eigenvalue weighted by Crippen LogP contribution is 2.38. The number of azo groups is 1. The average molecular weight is 386 g/mol. The summed E-state index contributed by atoms with van der Waals surface area (Å²) in [6.07, 6.45) is 0.715. The van der Waals surface area contributed by atoms with E-state index < -0.39 is 10.1 Å². The minimum absolute atomic E-state index is 0.186. The van der Waals surface area contributed by atoms with Gasteiger partial charge in [-0.15, -0.1) is 5.11 Å². The van der Waals surface area contributed by atoms with Gasteiger partial charge >= 0.3 is 0 Å². The fourth-order valence-corrected chi connectivity index (χ4v) is 2.45. The summed E-state index contributed by atoms with van der Waals surface area (Å²) in [5.41, 5.74) is 4.51. The van der Waals surface area contributed by atoms with Crippen molar-refractivity contribution in [1.82, 2.24) is 0 Å². The van der Waals surface area contributed by atoms with Gasteiger partial charge < -0.3 is 5.11 Å². The van der Waals surface area contributed by atoms with Gasteiger partial charge in [-0.1, -0.05) is 30.3 Å². The summed E-state index contributed by atoms with van der Waals surface area (Å²) in [7, 11) is -3.67. The van der Waals surface area contributed by atoms with Crippen molar-refractivity contribution < 1.29 is 18.1 Å². The molecule has 0 aliphatic carbocycles. The minimum Gasteiger partial charge on any atom is -0.505 e. The summed E-state index contributed by atoms with van der Waals surface area (Å²) < 4.78 is 25.9. The van der Waals surface area contributed by atoms with Gasteiger partial charge in [0.25, 0.3) is 10.1 Å². The molecule has 3 rings (SSSR count). The van der Waals surface area contributed by atoms with E-state index in [-0.39, 0.29) is 5.75 Å². The van der Waals surface area contributed by atoms with Gasteiger partial charge in [0.05, 0.1) is 11.9 Å². The SMILES string of the molecule is CS(=O)(=O)O.Cc1ccc(N=Nc2c(O)c(C)cc3ccccc23)cc1C. The lowest BCUT2D eigenvalue weighted by molar-refractivity contribution is 0.473. The van der Waals surface area contributed by atoms with E-state index in [0.29, 0.717) is 11.9 Å². The van der Waals surface area contributed by atoms with E-state index in [1.165, 1.54) is 11.1 Å². The Balaban J connectivity index is 0.000000465. The van der Waals surface area contributed by atoms with Crippen LogP contribution in [0.25, 0.3) is 10.8 Å². The van der Waals surface area contributed by atoms with E-state index in [0.717, 1.165) is 22.0 Å². The van der Waals surface area contributed by atoms with Crippen LogP contribution in [0.1, 0.15) is 16.7 Å². The minimum atomic E-state index is -3.67. The van der Waals surface area contributed by atoms with Crippen LogP contribution >= 0.6 is 0 Å². The van der Waals surface area contributed by atoms with Gasteiger partial charge in [0.2, 0.25) is 0 Å². The molecule has 6 nitrogen and oxygen atoms in total. The molecule has 3 aromatic carbocycles. The van der Waals surface area contributed by atoms with Crippen LogP contribution in [-0.4, -0.2) is 24.3 Å². The molecule has 0 radical (unpaired) electrons. The number of aryl methyl sites for hydroxylation is 3. The third kappa shape index (κ3) is 5.87. The topological polar surface area (TPSA) is 99.3 Å². The first-order chi connectivity index (χ1) is 12.6. The number of hydrogen-bond donors (Lipinski definition) is 2. The van der Waals surface area contributed by atoms with Crippen molar-refractivity contribution in [2.45, 2.75) is 20.8 Å². The molecule has 0 aromatic heterocycles. The molecule has 142 valence electrons. The predicted octanol–water partition coefficient (Wildman–Crippen LogP) is 5.39. The van der Waals surface area contributed by atoms with Crippen molar-refractivity contribution in [1.29, 1.82) is 0 Å². The highest BCUT2D eigenvalue weighted by molar-refractivity contribution is 7.85. The van der Waals surface area contributed by atoms with Crippen molar-refractivity contribution in [3.8, 4) is 5.75 Å². The molecule has 0 amide bonds. The summed E-state index contributed by atoms with van der Waals surface area (Å²) in [6.45, 7) is 5.99. The molecule has 0 unspecified atom stereocenters. The Hall–Kier alpha value is -2.77. The van der Waals surface area contributed by atoms with Crippen molar-refractivity contribution in [2.24, 2.45) is 10.2 Å². The van der Waals surface area contributed by atoms with Gasteiger partial charge in [-0.2, -0.15) is 13.5 Å². The molecule has 7 heteroatoms. The summed E-state index contributed by atoms with van der Waals surface area (Å²) in [6, 6.07) is 15.8. The largest absolute Gasteiger partial charge is 0.505 e. The van der Waals surface area contributed by atoms with E-state index in [1.54, 1.807) is 0 Å². The summed E-state index contributed by atoms with van der Waals surface area (Å²) in [4.78, 5) is 0. The smallest absolute Gasteiger partial charge is 0.261 e. The Morgan fingerprint density at radius 1 is 0.852 bits per heavy atom. The lowest BCUT2D eigenvalue weighted by Gasteiger charge is -2.07. The van der Waals surface area contributed by atoms with E-state index in [9.17, 15) is 13.5 Å². The van der Waals surface area contributed by atoms with Gasteiger partial charge in [0.1, 0.15) is 11.4 Å². The zero-order valence-electron chi connectivity index (χ0n) is 15.6. The maximum Gasteiger partial charge on any atom is 0.261 e. The maximum atomic E-state index is 10.3. The molecule has 0 heterocycles. The second-order valence-electron chi connectivity index (χ2n) is 6.31. The first-order valence-corrected chi connectivity index (χ1v) is 10.0. The number of rotatable bonds is 2. The molecule has 3 aromatic rings. The van der Waals surface area contributed by atoms with Gasteiger partial charge in [0.15, 0.2) is 0 Å². The van der Waals surface area contributed by atoms with Crippen LogP contribution in [0.5, 0.6) is 5.75 Å². The van der Waals surface area contributed by atoms with Crippen molar-refractivity contribution >= 4 is 32.3 Å². The van der Waals surface area contributed by atoms with Crippen LogP contribution < -0.4 is 0 Å². The predicted molar refractivity (Wildman–Crippen MR) is 108 cm³/mol. The molecule has 2 N–H and O–H groups in total. The van der Waals surface area contributed by atoms with Crippen molar-refractivity contribution in [3.63, 3.8) is 0 Å². The molecule has 27 heavy (non-hydrogen) atoms. The second-order valence-corrected chi connectivity index (χ2v) is 7.78. The summed E-state index contributed by atoms with van der Waals surface area (Å²) >= 11 is 0. The summed E-state index contributed by atoms with van der Waals surface area (Å²) in [5, 5.41) is 20.9. The van der Waals surface area contributed by atoms with Crippen LogP contribution in [0.15, 0.2) is 58.8 Å². The molecule has 0 atom stereocenters. The monoisotopic (exact) mass is 386 g/mol. The third-order valence-corrected chi connectivity index (χ3v) is 3.94. The molecular formula is C20H22N2O4S. The normalized spacial score (nSPS) is 11.4. The lowest BCUT2D eigenvalue weighted by Crippen LogP contribution is -1.88. The lowest BCUT2D eigenvalue weighted by atomic mass is 10.0. The first-order valence-electron chi connectivity index (χ1n) is 8.19. The fourth-order valence-electron chi connectivity index (χ4n) is 2.45. The quantitative estimate of drug-likeness (QED) is 0.455. The first kappa shape index (κ1) is 20.5. The highest BCUT2D eigenvalue weighted by Gasteiger charge is 2.09. The molecule has 0 spiro atoms. The Morgan fingerprint density at radius 3 is 2.11 bits per heavy atom. The molecule has 0 saturated carbocycles. The number of fused-ring (bicyclic) bond motifs is 1. The Bertz CT molecular complexity index is 1100. The Labute approximate surface area is 159 Å². The molecule has 0 bridgehead atoms. The van der Waals surface area contributed by atoms with Crippen LogP contribution in [0.4, 0.5) is 11.4 Å². The average Bonchev–Trinajstić information content (AvgIpc) is 2.57. The van der Waals surface area contributed by atoms with E-state index in [1.807, 2.05) is 62.4 Å². The molecule has 0 aliphatic rings. The van der Waals surface area contributed by atoms with Gasteiger partial charge in [-0.3, -0.25) is 4.55 Å². The third-order valence-electron chi connectivity index (χ3n) is 3.94. The van der Waals surface area contributed by atoms with Crippen molar-refractivity contribution in [2.75, 3.05) is 6.26 Å². The van der Waals surface area contributed by atoms with Gasteiger partial charge in [-0.05, 0) is 61.0 Å². The molecular weight excluding hydrogens is 364 g/mol. The highest BCUT2D eigenvalue weighted by atomic mass is 32.2. The number of phenols is 1. The number of aromatic hydroxyl groups is 1. The molecule has 0 saturated heterocycles. The fraction of sp³-hybridized carbons (Fsp3) is 0.200. The van der Waals surface area contributed by atoms with Gasteiger partial charge in [-0.25, -0.2) is 0 Å². The Kier molecular flexibility index (Phi) is 6.30.